The second-order valence-corrected chi connectivity index (χ2v) is 5.15. The molecule has 2 nitrogen and oxygen atoms in total. The summed E-state index contributed by atoms with van der Waals surface area (Å²) in [4.78, 5) is 2.81. The fraction of sp³-hybridized carbons (Fsp3) is 0.636. The lowest BCUT2D eigenvalue weighted by atomic mass is 10.2. The summed E-state index contributed by atoms with van der Waals surface area (Å²) in [5.41, 5.74) is 0. The van der Waals surface area contributed by atoms with Gasteiger partial charge in [0.25, 0.3) is 0 Å². The van der Waals surface area contributed by atoms with Gasteiger partial charge >= 0.3 is 0 Å². The van der Waals surface area contributed by atoms with Crippen LogP contribution in [0.3, 0.4) is 0 Å². The molecule has 78 valence electrons. The zero-order valence-electron chi connectivity index (χ0n) is 8.58. The summed E-state index contributed by atoms with van der Waals surface area (Å²) >= 11 is 1.87. The number of aryl methyl sites for hydroxylation is 1. The van der Waals surface area contributed by atoms with E-state index in [1.807, 2.05) is 11.3 Å². The molecule has 0 aromatic carbocycles. The summed E-state index contributed by atoms with van der Waals surface area (Å²) in [6.45, 7) is 5.08. The van der Waals surface area contributed by atoms with E-state index in [2.05, 4.69) is 24.4 Å². The van der Waals surface area contributed by atoms with Gasteiger partial charge in [-0.3, -0.25) is 0 Å². The first-order chi connectivity index (χ1) is 6.84. The Bertz CT molecular complexity index is 279. The van der Waals surface area contributed by atoms with E-state index >= 15 is 0 Å². The van der Waals surface area contributed by atoms with Crippen LogP contribution < -0.4 is 5.32 Å². The van der Waals surface area contributed by atoms with Gasteiger partial charge in [-0.05, 0) is 31.9 Å². The number of ether oxygens (including phenoxy) is 1. The molecule has 1 aliphatic rings. The number of hydrogen-bond acceptors (Lipinski definition) is 3. The second-order valence-electron chi connectivity index (χ2n) is 3.78. The average Bonchev–Trinajstić information content (AvgIpc) is 2.77. The van der Waals surface area contributed by atoms with Gasteiger partial charge in [-0.15, -0.1) is 11.3 Å². The Morgan fingerprint density at radius 3 is 3.14 bits per heavy atom. The fourth-order valence-corrected chi connectivity index (χ4v) is 2.60. The predicted octanol–water partition coefficient (Wildman–Crippen LogP) is 2.33. The Labute approximate surface area is 89.3 Å². The molecule has 0 saturated carbocycles. The quantitative estimate of drug-likeness (QED) is 0.825. The molecule has 14 heavy (non-hydrogen) atoms. The van der Waals surface area contributed by atoms with E-state index in [1.54, 1.807) is 0 Å². The van der Waals surface area contributed by atoms with Crippen molar-refractivity contribution in [2.75, 3.05) is 13.2 Å². The molecule has 1 aliphatic heterocycles. The van der Waals surface area contributed by atoms with Gasteiger partial charge in [0.2, 0.25) is 0 Å². The minimum atomic E-state index is 0.455. The zero-order chi connectivity index (χ0) is 9.80. The molecule has 0 unspecified atom stereocenters. The Kier molecular flexibility index (Phi) is 3.56. The molecule has 1 aromatic heterocycles. The maximum atomic E-state index is 5.54. The van der Waals surface area contributed by atoms with Crippen molar-refractivity contribution < 1.29 is 4.74 Å². The van der Waals surface area contributed by atoms with Gasteiger partial charge in [0.05, 0.1) is 6.10 Å². The molecule has 2 rings (SSSR count). The summed E-state index contributed by atoms with van der Waals surface area (Å²) in [6, 6.07) is 4.37. The van der Waals surface area contributed by atoms with Gasteiger partial charge < -0.3 is 10.1 Å². The van der Waals surface area contributed by atoms with Gasteiger partial charge in [0, 0.05) is 29.5 Å². The summed E-state index contributed by atoms with van der Waals surface area (Å²) in [7, 11) is 0. The first-order valence-electron chi connectivity index (χ1n) is 5.22. The molecular formula is C11H17NOS. The maximum absolute atomic E-state index is 5.54. The number of hydrogen-bond donors (Lipinski definition) is 1. The Hall–Kier alpha value is -0.380. The topological polar surface area (TPSA) is 21.3 Å². The van der Waals surface area contributed by atoms with E-state index < -0.39 is 0 Å². The smallest absolute Gasteiger partial charge is 0.0700 e. The normalized spacial score (nSPS) is 21.6. The number of rotatable bonds is 4. The van der Waals surface area contributed by atoms with Gasteiger partial charge in [0.15, 0.2) is 0 Å². The van der Waals surface area contributed by atoms with E-state index in [0.29, 0.717) is 6.10 Å². The molecule has 1 N–H and O–H groups in total. The Morgan fingerprint density at radius 2 is 2.50 bits per heavy atom. The molecule has 2 heterocycles. The van der Waals surface area contributed by atoms with Crippen LogP contribution in [0.2, 0.25) is 0 Å². The minimum absolute atomic E-state index is 0.455. The molecule has 0 bridgehead atoms. The third kappa shape index (κ3) is 2.80. The summed E-state index contributed by atoms with van der Waals surface area (Å²) in [5.74, 6) is 0. The average molecular weight is 211 g/mol. The summed E-state index contributed by atoms with van der Waals surface area (Å²) < 4.78 is 5.54. The van der Waals surface area contributed by atoms with Crippen LogP contribution >= 0.6 is 11.3 Å². The molecule has 1 saturated heterocycles. The highest BCUT2D eigenvalue weighted by atomic mass is 32.1. The van der Waals surface area contributed by atoms with E-state index in [9.17, 15) is 0 Å². The molecule has 1 fully saturated rings. The molecular weight excluding hydrogens is 194 g/mol. The molecule has 0 radical (unpaired) electrons. The van der Waals surface area contributed by atoms with Crippen molar-refractivity contribution in [3.8, 4) is 0 Å². The van der Waals surface area contributed by atoms with E-state index in [1.165, 1.54) is 22.6 Å². The van der Waals surface area contributed by atoms with Crippen LogP contribution in [-0.2, 0) is 11.3 Å². The van der Waals surface area contributed by atoms with Gasteiger partial charge in [0.1, 0.15) is 0 Å². The predicted molar refractivity (Wildman–Crippen MR) is 59.7 cm³/mol. The first kappa shape index (κ1) is 10.1. The molecule has 1 atom stereocenters. The summed E-state index contributed by atoms with van der Waals surface area (Å²) in [5, 5.41) is 3.44. The number of thiophene rings is 1. The van der Waals surface area contributed by atoms with Crippen LogP contribution in [0.1, 0.15) is 22.6 Å². The first-order valence-corrected chi connectivity index (χ1v) is 6.04. The highest BCUT2D eigenvalue weighted by Gasteiger charge is 2.14. The fourth-order valence-electron chi connectivity index (χ4n) is 1.74. The highest BCUT2D eigenvalue weighted by molar-refractivity contribution is 7.11. The number of nitrogens with one attached hydrogen (secondary N) is 1. The van der Waals surface area contributed by atoms with Crippen molar-refractivity contribution >= 4 is 11.3 Å². The SMILES string of the molecule is Cc1ccc(CNC[C@@H]2CCCO2)s1. The van der Waals surface area contributed by atoms with Crippen LogP contribution in [0.5, 0.6) is 0 Å². The van der Waals surface area contributed by atoms with E-state index in [-0.39, 0.29) is 0 Å². The van der Waals surface area contributed by atoms with Crippen molar-refractivity contribution in [2.45, 2.75) is 32.4 Å². The zero-order valence-corrected chi connectivity index (χ0v) is 9.40. The summed E-state index contributed by atoms with van der Waals surface area (Å²) in [6.07, 6.45) is 2.90. The van der Waals surface area contributed by atoms with Crippen LogP contribution in [0, 0.1) is 6.92 Å². The van der Waals surface area contributed by atoms with E-state index in [4.69, 9.17) is 4.74 Å². The van der Waals surface area contributed by atoms with Crippen LogP contribution in [0.25, 0.3) is 0 Å². The minimum Gasteiger partial charge on any atom is -0.377 e. The van der Waals surface area contributed by atoms with E-state index in [0.717, 1.165) is 19.7 Å². The highest BCUT2D eigenvalue weighted by Crippen LogP contribution is 2.15. The van der Waals surface area contributed by atoms with Crippen molar-refractivity contribution in [2.24, 2.45) is 0 Å². The van der Waals surface area contributed by atoms with Gasteiger partial charge in [-0.2, -0.15) is 0 Å². The monoisotopic (exact) mass is 211 g/mol. The molecule has 1 aromatic rings. The van der Waals surface area contributed by atoms with Gasteiger partial charge in [-0.1, -0.05) is 0 Å². The molecule has 0 aliphatic carbocycles. The van der Waals surface area contributed by atoms with Crippen molar-refractivity contribution in [3.63, 3.8) is 0 Å². The van der Waals surface area contributed by atoms with Crippen molar-refractivity contribution in [1.82, 2.24) is 5.32 Å². The van der Waals surface area contributed by atoms with Crippen LogP contribution in [-0.4, -0.2) is 19.3 Å². The molecule has 3 heteroatoms. The lowest BCUT2D eigenvalue weighted by Gasteiger charge is -2.09. The molecule has 0 amide bonds. The molecule has 0 spiro atoms. The van der Waals surface area contributed by atoms with Gasteiger partial charge in [-0.25, -0.2) is 0 Å². The lowest BCUT2D eigenvalue weighted by Crippen LogP contribution is -2.25. The van der Waals surface area contributed by atoms with Crippen molar-refractivity contribution in [3.05, 3.63) is 21.9 Å². The third-order valence-corrected chi connectivity index (χ3v) is 3.49. The Balaban J connectivity index is 1.67. The lowest BCUT2D eigenvalue weighted by molar-refractivity contribution is 0.110. The van der Waals surface area contributed by atoms with Crippen LogP contribution in [0.15, 0.2) is 12.1 Å². The van der Waals surface area contributed by atoms with Crippen LogP contribution in [0.4, 0.5) is 0 Å². The Morgan fingerprint density at radius 1 is 1.57 bits per heavy atom. The van der Waals surface area contributed by atoms with Crippen molar-refractivity contribution in [1.29, 1.82) is 0 Å². The second kappa shape index (κ2) is 4.91. The standard InChI is InChI=1S/C11H17NOS/c1-9-4-5-11(14-9)8-12-7-10-3-2-6-13-10/h4-5,10,12H,2-3,6-8H2,1H3/t10-/m0/s1. The largest absolute Gasteiger partial charge is 0.377 e. The maximum Gasteiger partial charge on any atom is 0.0700 e. The third-order valence-electron chi connectivity index (χ3n) is 2.49.